The predicted molar refractivity (Wildman–Crippen MR) is 74.3 cm³/mol. The third kappa shape index (κ3) is 1.85. The van der Waals surface area contributed by atoms with E-state index in [0.717, 1.165) is 9.30 Å². The van der Waals surface area contributed by atoms with Crippen LogP contribution in [-0.2, 0) is 13.9 Å². The molecule has 25 heavy (non-hydrogen) atoms. The highest BCUT2D eigenvalue weighted by atomic mass is 31.2. The number of aromatic nitrogens is 4. The van der Waals surface area contributed by atoms with Gasteiger partial charge >= 0.3 is 19.4 Å². The highest BCUT2D eigenvalue weighted by Crippen LogP contribution is 2.52. The number of hydrogen-bond acceptors (Lipinski definition) is 12. The fourth-order valence-corrected chi connectivity index (χ4v) is 3.89. The van der Waals surface area contributed by atoms with E-state index in [-0.39, 0.29) is 17.1 Å². The van der Waals surface area contributed by atoms with Gasteiger partial charge in [0.25, 0.3) is 5.95 Å². The van der Waals surface area contributed by atoms with Crippen molar-refractivity contribution in [2.45, 2.75) is 24.5 Å². The van der Waals surface area contributed by atoms with Gasteiger partial charge < -0.3 is 24.6 Å². The van der Waals surface area contributed by atoms with E-state index in [1.165, 1.54) is 0 Å². The average molecular weight is 375 g/mol. The van der Waals surface area contributed by atoms with Gasteiger partial charge in [-0.15, -0.1) is 9.35 Å². The molecule has 0 spiro atoms. The second-order valence-corrected chi connectivity index (χ2v) is 6.94. The Kier molecular flexibility index (Phi) is 2.83. The largest absolute Gasteiger partial charge is 0.632 e. The predicted octanol–water partition coefficient (Wildman–Crippen LogP) is -2.51. The lowest BCUT2D eigenvalue weighted by Gasteiger charge is -2.23. The van der Waals surface area contributed by atoms with Gasteiger partial charge in [-0.25, -0.2) is 14.6 Å². The van der Waals surface area contributed by atoms with E-state index in [0.29, 0.717) is 0 Å². The molecule has 4 bridgehead atoms. The van der Waals surface area contributed by atoms with Crippen LogP contribution in [0.15, 0.2) is 4.79 Å². The molecule has 15 heteroatoms. The van der Waals surface area contributed by atoms with Crippen LogP contribution in [0.25, 0.3) is 11.2 Å². The number of imidazole rings is 1. The summed E-state index contributed by atoms with van der Waals surface area (Å²) in [5.74, 6) is -0.228. The van der Waals surface area contributed by atoms with Crippen molar-refractivity contribution < 1.29 is 38.4 Å². The Labute approximate surface area is 136 Å². The Morgan fingerprint density at radius 3 is 2.80 bits per heavy atom. The fourth-order valence-electron chi connectivity index (χ4n) is 2.91. The Bertz CT molecular complexity index is 1000. The summed E-state index contributed by atoms with van der Waals surface area (Å²) < 4.78 is 34.8. The van der Waals surface area contributed by atoms with Crippen molar-refractivity contribution in [3.05, 3.63) is 10.4 Å². The highest BCUT2D eigenvalue weighted by molar-refractivity contribution is 7.49. The molecule has 0 aliphatic carbocycles. The molecule has 5 rings (SSSR count). The molecular formula is C10H10N5O9P. The van der Waals surface area contributed by atoms with Crippen molar-refractivity contribution in [3.63, 3.8) is 0 Å². The minimum Gasteiger partial charge on any atom is -0.394 e. The lowest BCUT2D eigenvalue weighted by Crippen LogP contribution is -2.33. The summed E-state index contributed by atoms with van der Waals surface area (Å²) in [5, 5.41) is 29.5. The molecule has 0 aromatic carbocycles. The van der Waals surface area contributed by atoms with Crippen molar-refractivity contribution in [3.8, 4) is 6.01 Å². The molecule has 1 fully saturated rings. The van der Waals surface area contributed by atoms with Gasteiger partial charge in [0, 0.05) is 0 Å². The standard InChI is InChI=1S/C10H10N5O9P/c16-1-2-4(17)5(18)8(21-2)14-7-3-6(19)12-9-13-23-25(20,24-15(7)9)22-10(14)11-3/h2,4-5,8,16-18H,1H2,(H,12,13,19). The summed E-state index contributed by atoms with van der Waals surface area (Å²) in [6.45, 7) is -0.559. The van der Waals surface area contributed by atoms with Gasteiger partial charge in [0.15, 0.2) is 17.4 Å². The summed E-state index contributed by atoms with van der Waals surface area (Å²) in [4.78, 5) is 19.7. The molecule has 2 aromatic rings. The molecule has 5 heterocycles. The molecule has 14 nitrogen and oxygen atoms in total. The molecule has 5 unspecified atom stereocenters. The topological polar surface area (TPSA) is 179 Å². The van der Waals surface area contributed by atoms with Crippen LogP contribution in [0.1, 0.15) is 6.23 Å². The number of ether oxygens (including phenoxy) is 1. The number of phosphoric acid groups is 1. The van der Waals surface area contributed by atoms with Crippen molar-refractivity contribution in [2.24, 2.45) is 0 Å². The number of anilines is 1. The fraction of sp³-hybridized carbons (Fsp3) is 0.500. The Balaban J connectivity index is 1.80. The normalized spacial score (nSPS) is 35.5. The lowest BCUT2D eigenvalue weighted by atomic mass is 10.1. The van der Waals surface area contributed by atoms with Crippen LogP contribution < -0.4 is 20.2 Å². The Hall–Kier alpha value is -2.22. The van der Waals surface area contributed by atoms with E-state index in [2.05, 4.69) is 15.4 Å². The van der Waals surface area contributed by atoms with Crippen molar-refractivity contribution in [1.82, 2.24) is 19.3 Å². The van der Waals surface area contributed by atoms with Crippen LogP contribution in [0.4, 0.5) is 5.95 Å². The molecule has 0 radical (unpaired) electrons. The third-order valence-corrected chi connectivity index (χ3v) is 5.11. The first kappa shape index (κ1) is 15.1. The van der Waals surface area contributed by atoms with E-state index in [9.17, 15) is 24.7 Å². The maximum atomic E-state index is 12.4. The molecular weight excluding hydrogens is 365 g/mol. The molecule has 3 aliphatic rings. The minimum atomic E-state index is -4.17. The monoisotopic (exact) mass is 375 g/mol. The first-order chi connectivity index (χ1) is 11.9. The van der Waals surface area contributed by atoms with Crippen LogP contribution >= 0.6 is 7.82 Å². The van der Waals surface area contributed by atoms with Crippen LogP contribution in [0.2, 0.25) is 0 Å². The van der Waals surface area contributed by atoms with Crippen molar-refractivity contribution in [1.29, 1.82) is 0 Å². The van der Waals surface area contributed by atoms with E-state index in [4.69, 9.17) is 18.5 Å². The minimum absolute atomic E-state index is 0.0756. The van der Waals surface area contributed by atoms with Gasteiger partial charge in [0.2, 0.25) is 0 Å². The van der Waals surface area contributed by atoms with Crippen LogP contribution in [0.5, 0.6) is 6.01 Å². The molecule has 0 amide bonds. The van der Waals surface area contributed by atoms with Gasteiger partial charge in [-0.1, -0.05) is 0 Å². The van der Waals surface area contributed by atoms with Crippen LogP contribution in [-0.4, -0.2) is 59.5 Å². The number of aliphatic hydroxyl groups is 3. The van der Waals surface area contributed by atoms with Crippen molar-refractivity contribution in [2.75, 3.05) is 12.1 Å². The maximum Gasteiger partial charge on any atom is 0.632 e. The van der Waals surface area contributed by atoms with Gasteiger partial charge in [0.1, 0.15) is 18.3 Å². The number of fused-ring (bicyclic) bond motifs is 2. The number of rotatable bonds is 2. The summed E-state index contributed by atoms with van der Waals surface area (Å²) >= 11 is 0. The van der Waals surface area contributed by atoms with E-state index in [1.54, 1.807) is 0 Å². The van der Waals surface area contributed by atoms with Gasteiger partial charge in [-0.3, -0.25) is 9.42 Å². The number of hydrogen-bond donors (Lipinski definition) is 4. The SMILES string of the molecule is O=c1nc2n3c4c1nc(n4C1OC(CO)C(O)C1O)OP(=O)(ON2)O3. The number of nitrogens with zero attached hydrogens (tertiary/aromatic N) is 4. The number of aliphatic hydroxyl groups excluding tert-OH is 3. The lowest BCUT2D eigenvalue weighted by molar-refractivity contribution is -0.0528. The molecule has 134 valence electrons. The average Bonchev–Trinajstić information content (AvgIpc) is 3.04. The molecule has 0 saturated carbocycles. The summed E-state index contributed by atoms with van der Waals surface area (Å²) in [7, 11) is -4.17. The van der Waals surface area contributed by atoms with Gasteiger partial charge in [0.05, 0.1) is 6.61 Å². The Morgan fingerprint density at radius 2 is 2.08 bits per heavy atom. The summed E-state index contributed by atoms with van der Waals surface area (Å²) in [5.41, 5.74) is 1.14. The van der Waals surface area contributed by atoms with Gasteiger partial charge in [-0.05, 0) is 0 Å². The first-order valence-corrected chi connectivity index (χ1v) is 8.50. The molecule has 2 aromatic heterocycles. The number of nitrogens with one attached hydrogen (secondary N) is 1. The third-order valence-electron chi connectivity index (χ3n) is 4.04. The van der Waals surface area contributed by atoms with Gasteiger partial charge in [-0.2, -0.15) is 9.97 Å². The second kappa shape index (κ2) is 4.69. The summed E-state index contributed by atoms with van der Waals surface area (Å²) in [6.07, 6.45) is -5.29. The molecule has 5 atom stereocenters. The van der Waals surface area contributed by atoms with Crippen LogP contribution in [0, 0.1) is 0 Å². The zero-order valence-electron chi connectivity index (χ0n) is 12.0. The molecule has 4 N–H and O–H groups in total. The van der Waals surface area contributed by atoms with Crippen molar-refractivity contribution >= 4 is 24.9 Å². The van der Waals surface area contributed by atoms with E-state index in [1.807, 2.05) is 0 Å². The Morgan fingerprint density at radius 1 is 1.28 bits per heavy atom. The zero-order chi connectivity index (χ0) is 17.5. The van der Waals surface area contributed by atoms with E-state index < -0.39 is 50.5 Å². The van der Waals surface area contributed by atoms with Crippen LogP contribution in [0.3, 0.4) is 0 Å². The quantitative estimate of drug-likeness (QED) is 0.406. The first-order valence-electron chi connectivity index (χ1n) is 7.03. The molecule has 1 saturated heterocycles. The smallest absolute Gasteiger partial charge is 0.394 e. The zero-order valence-corrected chi connectivity index (χ0v) is 12.9. The van der Waals surface area contributed by atoms with E-state index >= 15 is 0 Å². The second-order valence-electron chi connectivity index (χ2n) is 5.51. The highest BCUT2D eigenvalue weighted by Gasteiger charge is 2.50. The summed E-state index contributed by atoms with van der Waals surface area (Å²) in [6, 6.07) is -0.404. The maximum absolute atomic E-state index is 12.4. The molecule has 3 aliphatic heterocycles.